The highest BCUT2D eigenvalue weighted by Crippen LogP contribution is 2.59. The number of carboxylic acids is 1. The minimum atomic E-state index is -0.999. The molecule has 3 atom stereocenters. The zero-order chi connectivity index (χ0) is 28.1. The Hall–Kier alpha value is -4.27. The highest BCUT2D eigenvalue weighted by atomic mass is 19.1. The summed E-state index contributed by atoms with van der Waals surface area (Å²) >= 11 is 0. The highest BCUT2D eigenvalue weighted by molar-refractivity contribution is 5.91. The molecule has 1 saturated carbocycles. The summed E-state index contributed by atoms with van der Waals surface area (Å²) < 4.78 is 27.9. The third kappa shape index (κ3) is 4.73. The Morgan fingerprint density at radius 3 is 2.90 bits per heavy atom. The van der Waals surface area contributed by atoms with Gasteiger partial charge in [0.1, 0.15) is 23.9 Å². The van der Waals surface area contributed by atoms with Gasteiger partial charge in [0.15, 0.2) is 5.65 Å². The van der Waals surface area contributed by atoms with E-state index in [4.69, 9.17) is 24.7 Å². The number of nitriles is 1. The SMILES string of the molecule is N#Cc1ccc(COc2cccc([C@]34CCN(Cc5nc6[nH]c(C(=O)O)cc6n5C[C@@H]5CCO5)C[C@H]3C4)n2)c(F)c1. The van der Waals surface area contributed by atoms with E-state index < -0.39 is 11.8 Å². The quantitative estimate of drug-likeness (QED) is 0.317. The summed E-state index contributed by atoms with van der Waals surface area (Å²) in [5.74, 6) is 0.382. The van der Waals surface area contributed by atoms with Crippen LogP contribution < -0.4 is 4.74 Å². The van der Waals surface area contributed by atoms with Crippen molar-refractivity contribution in [3.8, 4) is 11.9 Å². The van der Waals surface area contributed by atoms with E-state index in [1.165, 1.54) is 6.07 Å². The van der Waals surface area contributed by atoms with Crippen molar-refractivity contribution < 1.29 is 23.8 Å². The lowest BCUT2D eigenvalue weighted by Gasteiger charge is -2.32. The second-order valence-electron chi connectivity index (χ2n) is 11.3. The predicted molar refractivity (Wildman–Crippen MR) is 145 cm³/mol. The van der Waals surface area contributed by atoms with Crippen molar-refractivity contribution in [2.24, 2.45) is 5.92 Å². The molecular weight excluding hydrogens is 527 g/mol. The van der Waals surface area contributed by atoms with Gasteiger partial charge in [-0.25, -0.2) is 19.2 Å². The van der Waals surface area contributed by atoms with Crippen molar-refractivity contribution in [1.29, 1.82) is 5.26 Å². The van der Waals surface area contributed by atoms with E-state index in [0.29, 0.717) is 36.1 Å². The lowest BCUT2D eigenvalue weighted by Crippen LogP contribution is -2.37. The Morgan fingerprint density at radius 1 is 1.29 bits per heavy atom. The van der Waals surface area contributed by atoms with Gasteiger partial charge in [0.05, 0.1) is 42.0 Å². The van der Waals surface area contributed by atoms with E-state index in [1.54, 1.807) is 24.3 Å². The molecule has 4 aromatic rings. The number of likely N-dealkylation sites (tertiary alicyclic amines) is 1. The number of piperidine rings is 1. The molecule has 2 aliphatic heterocycles. The number of hydrogen-bond acceptors (Lipinski definition) is 7. The van der Waals surface area contributed by atoms with Gasteiger partial charge in [0.25, 0.3) is 0 Å². The molecule has 2 N–H and O–H groups in total. The average molecular weight is 557 g/mol. The number of aromatic carboxylic acids is 1. The standard InChI is InChI=1S/C30H29FN6O4/c31-22-10-18(13-32)4-5-19(22)17-41-27-3-1-2-25(34-27)30-7-8-36(14-20(30)12-30)16-26-35-28-24(11-23(33-28)29(38)39)37(26)15-21-6-9-40-21/h1-5,10-11,20-21,33H,6-9,12,14-17H2,(H,38,39)/t20-,21+,30+/m1/s1. The molecule has 210 valence electrons. The molecule has 3 aliphatic rings. The first-order valence-corrected chi connectivity index (χ1v) is 13.9. The maximum absolute atomic E-state index is 14.3. The number of carbonyl (C=O) groups is 1. The second-order valence-corrected chi connectivity index (χ2v) is 11.3. The van der Waals surface area contributed by atoms with Crippen LogP contribution in [0.2, 0.25) is 0 Å². The smallest absolute Gasteiger partial charge is 0.352 e. The summed E-state index contributed by atoms with van der Waals surface area (Å²) in [6.07, 6.45) is 3.13. The summed E-state index contributed by atoms with van der Waals surface area (Å²) in [4.78, 5) is 26.4. The lowest BCUT2D eigenvalue weighted by molar-refractivity contribution is -0.0592. The highest BCUT2D eigenvalue weighted by Gasteiger charge is 2.58. The van der Waals surface area contributed by atoms with Gasteiger partial charge in [0.2, 0.25) is 5.88 Å². The molecule has 1 aromatic carbocycles. The van der Waals surface area contributed by atoms with Gasteiger partial charge in [-0.1, -0.05) is 12.1 Å². The number of benzene rings is 1. The van der Waals surface area contributed by atoms with Gasteiger partial charge in [0, 0.05) is 30.2 Å². The Labute approximate surface area is 235 Å². The van der Waals surface area contributed by atoms with Gasteiger partial charge in [-0.2, -0.15) is 5.26 Å². The maximum Gasteiger partial charge on any atom is 0.352 e. The van der Waals surface area contributed by atoms with Crippen LogP contribution >= 0.6 is 0 Å². The van der Waals surface area contributed by atoms with Crippen LogP contribution in [-0.2, 0) is 29.8 Å². The molecule has 0 radical (unpaired) electrons. The number of ether oxygens (including phenoxy) is 2. The maximum atomic E-state index is 14.3. The number of fused-ring (bicyclic) bond motifs is 2. The first kappa shape index (κ1) is 25.7. The van der Waals surface area contributed by atoms with Crippen LogP contribution in [0, 0.1) is 23.1 Å². The van der Waals surface area contributed by atoms with Gasteiger partial charge in [-0.3, -0.25) is 4.90 Å². The largest absolute Gasteiger partial charge is 0.477 e. The molecule has 11 heteroatoms. The molecule has 0 bridgehead atoms. The zero-order valence-corrected chi connectivity index (χ0v) is 22.3. The van der Waals surface area contributed by atoms with Crippen molar-refractivity contribution in [2.45, 2.75) is 50.5 Å². The molecule has 3 fully saturated rings. The van der Waals surface area contributed by atoms with Crippen molar-refractivity contribution >= 4 is 17.1 Å². The zero-order valence-electron chi connectivity index (χ0n) is 22.3. The molecule has 3 aromatic heterocycles. The van der Waals surface area contributed by atoms with Crippen molar-refractivity contribution in [2.75, 3.05) is 19.7 Å². The monoisotopic (exact) mass is 556 g/mol. The number of rotatable bonds is 9. The van der Waals surface area contributed by atoms with Crippen LogP contribution in [0.4, 0.5) is 4.39 Å². The third-order valence-corrected chi connectivity index (χ3v) is 8.77. The number of imidazole rings is 1. The summed E-state index contributed by atoms with van der Waals surface area (Å²) in [6, 6.07) is 13.7. The van der Waals surface area contributed by atoms with Crippen molar-refractivity contribution in [3.05, 3.63) is 76.6 Å². The van der Waals surface area contributed by atoms with Gasteiger partial charge in [-0.05, 0) is 56.0 Å². The number of aromatic nitrogens is 4. The second kappa shape index (κ2) is 9.98. The van der Waals surface area contributed by atoms with Crippen LogP contribution in [0.1, 0.15) is 52.4 Å². The van der Waals surface area contributed by atoms with E-state index in [9.17, 15) is 14.3 Å². The fraction of sp³-hybridized carbons (Fsp3) is 0.400. The Balaban J connectivity index is 1.03. The number of nitrogens with one attached hydrogen (secondary N) is 1. The van der Waals surface area contributed by atoms with E-state index in [2.05, 4.69) is 20.5 Å². The van der Waals surface area contributed by atoms with Gasteiger partial charge >= 0.3 is 5.97 Å². The fourth-order valence-electron chi connectivity index (χ4n) is 6.25. The van der Waals surface area contributed by atoms with E-state index in [0.717, 1.165) is 56.0 Å². The van der Waals surface area contributed by atoms with Crippen LogP contribution in [0.15, 0.2) is 42.5 Å². The first-order chi connectivity index (χ1) is 19.9. The molecule has 1 aliphatic carbocycles. The topological polar surface area (TPSA) is 129 Å². The number of hydrogen-bond donors (Lipinski definition) is 2. The lowest BCUT2D eigenvalue weighted by atomic mass is 9.91. The van der Waals surface area contributed by atoms with Crippen LogP contribution in [0.5, 0.6) is 5.88 Å². The molecule has 2 saturated heterocycles. The molecule has 10 nitrogen and oxygen atoms in total. The third-order valence-electron chi connectivity index (χ3n) is 8.77. The molecule has 0 unspecified atom stereocenters. The molecular formula is C30H29FN6O4. The van der Waals surface area contributed by atoms with Crippen LogP contribution in [0.25, 0.3) is 11.2 Å². The Kier molecular flexibility index (Phi) is 6.25. The number of pyridine rings is 1. The Bertz CT molecular complexity index is 1690. The Morgan fingerprint density at radius 2 is 2.17 bits per heavy atom. The number of halogens is 1. The molecule has 0 amide bonds. The van der Waals surface area contributed by atoms with E-state index >= 15 is 0 Å². The minimum Gasteiger partial charge on any atom is -0.477 e. The van der Waals surface area contributed by atoms with Crippen LogP contribution in [0.3, 0.4) is 0 Å². The van der Waals surface area contributed by atoms with Crippen molar-refractivity contribution in [3.63, 3.8) is 0 Å². The first-order valence-electron chi connectivity index (χ1n) is 13.9. The summed E-state index contributed by atoms with van der Waals surface area (Å²) in [5, 5.41) is 18.4. The number of aromatic amines is 1. The summed E-state index contributed by atoms with van der Waals surface area (Å²) in [6.45, 7) is 3.95. The molecule has 41 heavy (non-hydrogen) atoms. The molecule has 5 heterocycles. The predicted octanol–water partition coefficient (Wildman–Crippen LogP) is 4.00. The van der Waals surface area contributed by atoms with Gasteiger partial charge < -0.3 is 24.1 Å². The molecule has 0 spiro atoms. The fourth-order valence-corrected chi connectivity index (χ4v) is 6.25. The van der Waals surface area contributed by atoms with Gasteiger partial charge in [-0.15, -0.1) is 0 Å². The van der Waals surface area contributed by atoms with Crippen molar-refractivity contribution in [1.82, 2.24) is 24.4 Å². The van der Waals surface area contributed by atoms with E-state index in [-0.39, 0.29) is 29.4 Å². The normalized spacial score (nSPS) is 23.5. The average Bonchev–Trinajstić information content (AvgIpc) is 3.40. The number of nitrogens with zero attached hydrogens (tertiary/aromatic N) is 5. The number of H-pyrrole nitrogens is 1. The van der Waals surface area contributed by atoms with E-state index in [1.807, 2.05) is 12.1 Å². The molecule has 7 rings (SSSR count). The minimum absolute atomic E-state index is 0.0210. The number of carboxylic acid groups (broad SMARTS) is 1. The summed E-state index contributed by atoms with van der Waals surface area (Å²) in [5.41, 5.74) is 3.22. The van der Waals surface area contributed by atoms with Crippen LogP contribution in [-0.4, -0.2) is 61.3 Å². The summed E-state index contributed by atoms with van der Waals surface area (Å²) in [7, 11) is 0.